The van der Waals surface area contributed by atoms with Crippen LogP contribution in [0.5, 0.6) is 0 Å². The van der Waals surface area contributed by atoms with Gasteiger partial charge in [-0.1, -0.05) is 6.42 Å². The number of carboxylic acid groups (broad SMARTS) is 2. The van der Waals surface area contributed by atoms with E-state index in [1.54, 1.807) is 0 Å². The Labute approximate surface area is 150 Å². The summed E-state index contributed by atoms with van der Waals surface area (Å²) in [5.41, 5.74) is 5.57. The Kier molecular flexibility index (Phi) is 9.34. The Morgan fingerprint density at radius 3 is 1.72 bits per heavy atom. The minimum Gasteiger partial charge on any atom is -0.480 e. The molecule has 0 radical (unpaired) electrons. The van der Waals surface area contributed by atoms with Gasteiger partial charge in [0, 0.05) is 44.8 Å². The summed E-state index contributed by atoms with van der Waals surface area (Å²) in [5, 5.41) is 18.2. The maximum atomic E-state index is 11.1. The molecule has 0 bridgehead atoms. The van der Waals surface area contributed by atoms with Crippen molar-refractivity contribution in [1.82, 2.24) is 14.7 Å². The van der Waals surface area contributed by atoms with Crippen molar-refractivity contribution in [2.75, 3.05) is 58.9 Å². The smallest absolute Gasteiger partial charge is 0.317 e. The van der Waals surface area contributed by atoms with Crippen LogP contribution < -0.4 is 5.73 Å². The number of unbranched alkanes of at least 4 members (excludes halogenated alkanes) is 1. The molecule has 0 aliphatic carbocycles. The summed E-state index contributed by atoms with van der Waals surface area (Å²) < 4.78 is 0. The molecule has 1 fully saturated rings. The predicted octanol–water partition coefficient (Wildman–Crippen LogP) is -0.0172. The van der Waals surface area contributed by atoms with Crippen molar-refractivity contribution in [3.05, 3.63) is 0 Å². The molecule has 1 aliphatic rings. The second-order valence-corrected chi connectivity index (χ2v) is 7.39. The van der Waals surface area contributed by atoms with Gasteiger partial charge in [-0.2, -0.15) is 0 Å². The molecular weight excluding hydrogens is 324 g/mol. The quantitative estimate of drug-likeness (QED) is 0.493. The zero-order chi connectivity index (χ0) is 18.9. The Bertz CT molecular complexity index is 403. The number of hydrogen-bond acceptors (Lipinski definition) is 6. The lowest BCUT2D eigenvalue weighted by molar-refractivity contribution is -0.140. The zero-order valence-corrected chi connectivity index (χ0v) is 15.6. The van der Waals surface area contributed by atoms with Gasteiger partial charge in [0.2, 0.25) is 0 Å². The first-order chi connectivity index (χ1) is 11.7. The van der Waals surface area contributed by atoms with Crippen LogP contribution >= 0.6 is 0 Å². The van der Waals surface area contributed by atoms with E-state index >= 15 is 0 Å². The minimum atomic E-state index is -0.849. The summed E-state index contributed by atoms with van der Waals surface area (Å²) >= 11 is 0. The summed E-state index contributed by atoms with van der Waals surface area (Å²) in [7, 11) is 0. The number of rotatable bonds is 9. The fourth-order valence-corrected chi connectivity index (χ4v) is 3.31. The zero-order valence-electron chi connectivity index (χ0n) is 15.6. The highest BCUT2D eigenvalue weighted by atomic mass is 16.4. The summed E-state index contributed by atoms with van der Waals surface area (Å²) in [5.74, 6) is -1.70. The molecule has 25 heavy (non-hydrogen) atoms. The molecule has 0 saturated carbocycles. The van der Waals surface area contributed by atoms with Crippen LogP contribution in [-0.4, -0.2) is 101 Å². The standard InChI is InChI=1S/C17H34N4O4/c1-17(2,5-3-4-6-18)21-11-9-19(13-15(22)23)7-8-20(10-12-21)14-16(24)25/h3-14,18H2,1-2H3,(H,22,23)(H,24,25). The molecule has 1 rings (SSSR count). The molecule has 1 aliphatic heterocycles. The molecule has 4 N–H and O–H groups in total. The molecule has 0 atom stereocenters. The fraction of sp³-hybridized carbons (Fsp3) is 0.882. The van der Waals surface area contributed by atoms with Crippen molar-refractivity contribution >= 4 is 11.9 Å². The maximum absolute atomic E-state index is 11.1. The Morgan fingerprint density at radius 2 is 1.32 bits per heavy atom. The normalized spacial score (nSPS) is 19.2. The first-order valence-corrected chi connectivity index (χ1v) is 9.08. The molecular formula is C17H34N4O4. The van der Waals surface area contributed by atoms with E-state index in [0.717, 1.165) is 32.4 Å². The van der Waals surface area contributed by atoms with Gasteiger partial charge in [-0.25, -0.2) is 0 Å². The summed E-state index contributed by atoms with van der Waals surface area (Å²) in [6, 6.07) is 0. The second kappa shape index (κ2) is 10.7. The number of carboxylic acids is 2. The monoisotopic (exact) mass is 358 g/mol. The van der Waals surface area contributed by atoms with Crippen molar-refractivity contribution < 1.29 is 19.8 Å². The first-order valence-electron chi connectivity index (χ1n) is 9.08. The predicted molar refractivity (Wildman–Crippen MR) is 96.7 cm³/mol. The topological polar surface area (TPSA) is 110 Å². The largest absolute Gasteiger partial charge is 0.480 e. The second-order valence-electron chi connectivity index (χ2n) is 7.39. The highest BCUT2D eigenvalue weighted by Crippen LogP contribution is 2.22. The molecule has 1 saturated heterocycles. The third-order valence-corrected chi connectivity index (χ3v) is 4.92. The Balaban J connectivity index is 2.79. The summed E-state index contributed by atoms with van der Waals surface area (Å²) in [6.07, 6.45) is 3.06. The van der Waals surface area contributed by atoms with Crippen LogP contribution in [0.15, 0.2) is 0 Å². The van der Waals surface area contributed by atoms with E-state index < -0.39 is 11.9 Å². The van der Waals surface area contributed by atoms with E-state index in [-0.39, 0.29) is 18.6 Å². The maximum Gasteiger partial charge on any atom is 0.317 e. The van der Waals surface area contributed by atoms with Gasteiger partial charge in [0.15, 0.2) is 0 Å². The lowest BCUT2D eigenvalue weighted by Gasteiger charge is -2.40. The van der Waals surface area contributed by atoms with Crippen LogP contribution in [0.2, 0.25) is 0 Å². The van der Waals surface area contributed by atoms with Crippen molar-refractivity contribution in [3.63, 3.8) is 0 Å². The van der Waals surface area contributed by atoms with Gasteiger partial charge in [-0.05, 0) is 33.2 Å². The van der Waals surface area contributed by atoms with Crippen molar-refractivity contribution in [2.24, 2.45) is 5.73 Å². The van der Waals surface area contributed by atoms with E-state index in [0.29, 0.717) is 32.7 Å². The number of aliphatic carboxylic acids is 2. The molecule has 1 heterocycles. The lowest BCUT2D eigenvalue weighted by atomic mass is 9.94. The summed E-state index contributed by atoms with van der Waals surface area (Å²) in [4.78, 5) is 28.3. The Hall–Kier alpha value is -1.22. The first kappa shape index (κ1) is 21.8. The molecule has 0 unspecified atom stereocenters. The number of hydrogen-bond donors (Lipinski definition) is 3. The van der Waals surface area contributed by atoms with Gasteiger partial charge in [0.25, 0.3) is 0 Å². The number of nitrogens with zero attached hydrogens (tertiary/aromatic N) is 3. The Morgan fingerprint density at radius 1 is 0.880 bits per heavy atom. The van der Waals surface area contributed by atoms with Crippen molar-refractivity contribution in [3.8, 4) is 0 Å². The fourth-order valence-electron chi connectivity index (χ4n) is 3.31. The molecule has 0 amide bonds. The van der Waals surface area contributed by atoms with Gasteiger partial charge < -0.3 is 15.9 Å². The van der Waals surface area contributed by atoms with Gasteiger partial charge in [-0.15, -0.1) is 0 Å². The van der Waals surface area contributed by atoms with E-state index in [4.69, 9.17) is 15.9 Å². The third-order valence-electron chi connectivity index (χ3n) is 4.92. The van der Waals surface area contributed by atoms with Crippen LogP contribution in [0.1, 0.15) is 33.1 Å². The highest BCUT2D eigenvalue weighted by molar-refractivity contribution is 5.69. The third kappa shape index (κ3) is 8.62. The molecule has 0 aromatic heterocycles. The van der Waals surface area contributed by atoms with Crippen molar-refractivity contribution in [2.45, 2.75) is 38.6 Å². The molecule has 0 spiro atoms. The van der Waals surface area contributed by atoms with E-state index in [1.165, 1.54) is 0 Å². The highest BCUT2D eigenvalue weighted by Gasteiger charge is 2.28. The number of nitrogens with two attached hydrogens (primary N) is 1. The van der Waals surface area contributed by atoms with Gasteiger partial charge in [0.1, 0.15) is 0 Å². The average Bonchev–Trinajstić information content (AvgIpc) is 2.58. The molecule has 0 aromatic carbocycles. The molecule has 146 valence electrons. The summed E-state index contributed by atoms with van der Waals surface area (Å²) in [6.45, 7) is 9.12. The minimum absolute atomic E-state index is 0.0116. The van der Waals surface area contributed by atoms with Crippen LogP contribution in [0.25, 0.3) is 0 Å². The van der Waals surface area contributed by atoms with Crippen LogP contribution in [0, 0.1) is 0 Å². The van der Waals surface area contributed by atoms with E-state index in [1.807, 2.05) is 9.80 Å². The number of carbonyl (C=O) groups is 2. The molecule has 8 heteroatoms. The SMILES string of the molecule is CC(C)(CCCCN)N1CCN(CC(=O)O)CCN(CC(=O)O)CC1. The van der Waals surface area contributed by atoms with Crippen LogP contribution in [-0.2, 0) is 9.59 Å². The van der Waals surface area contributed by atoms with Crippen LogP contribution in [0.4, 0.5) is 0 Å². The van der Waals surface area contributed by atoms with Crippen LogP contribution in [0.3, 0.4) is 0 Å². The molecule has 8 nitrogen and oxygen atoms in total. The van der Waals surface area contributed by atoms with Gasteiger partial charge >= 0.3 is 11.9 Å². The van der Waals surface area contributed by atoms with Gasteiger partial charge in [0.05, 0.1) is 13.1 Å². The van der Waals surface area contributed by atoms with E-state index in [2.05, 4.69) is 18.7 Å². The average molecular weight is 358 g/mol. The van der Waals surface area contributed by atoms with E-state index in [9.17, 15) is 9.59 Å². The molecule has 0 aromatic rings. The van der Waals surface area contributed by atoms with Crippen molar-refractivity contribution in [1.29, 1.82) is 0 Å². The lowest BCUT2D eigenvalue weighted by Crippen LogP contribution is -2.49. The van der Waals surface area contributed by atoms with Gasteiger partial charge in [-0.3, -0.25) is 24.3 Å².